The first-order valence-electron chi connectivity index (χ1n) is 4.00. The molecule has 0 saturated carbocycles. The van der Waals surface area contributed by atoms with Gasteiger partial charge in [-0.1, -0.05) is 37.8 Å². The second-order valence-electron chi connectivity index (χ2n) is 2.70. The van der Waals surface area contributed by atoms with E-state index in [0.29, 0.717) is 5.33 Å². The molecule has 1 aromatic heterocycles. The second-order valence-corrected chi connectivity index (χ2v) is 4.17. The third kappa shape index (κ3) is 1.84. The van der Waals surface area contributed by atoms with Crippen molar-refractivity contribution in [2.45, 2.75) is 0 Å². The molecule has 0 spiro atoms. The van der Waals surface area contributed by atoms with Gasteiger partial charge in [-0.05, 0) is 24.1 Å². The van der Waals surface area contributed by atoms with Crippen molar-refractivity contribution in [2.75, 3.05) is 5.33 Å². The van der Waals surface area contributed by atoms with Gasteiger partial charge in [0.1, 0.15) is 5.69 Å². The molecule has 0 atom stereocenters. The highest BCUT2D eigenvalue weighted by atomic mass is 79.9. The van der Waals surface area contributed by atoms with Crippen LogP contribution in [0.15, 0.2) is 22.7 Å². The van der Waals surface area contributed by atoms with E-state index in [1.807, 2.05) is 18.2 Å². The first-order valence-corrected chi connectivity index (χ1v) is 5.91. The maximum Gasteiger partial charge on any atom is 0.115 e. The van der Waals surface area contributed by atoms with Crippen LogP contribution in [0.5, 0.6) is 0 Å². The van der Waals surface area contributed by atoms with E-state index in [0.717, 1.165) is 21.1 Å². The van der Waals surface area contributed by atoms with Crippen LogP contribution in [0.2, 0.25) is 0 Å². The smallest absolute Gasteiger partial charge is 0.115 e. The zero-order valence-corrected chi connectivity index (χ0v) is 10.3. The van der Waals surface area contributed by atoms with Crippen LogP contribution in [0, 0.1) is 11.8 Å². The van der Waals surface area contributed by atoms with Gasteiger partial charge >= 0.3 is 0 Å². The molecule has 0 fully saturated rings. The SMILES string of the molecule is BrCC#Cc1[nH]nc2cc(Br)ccc12. The van der Waals surface area contributed by atoms with Gasteiger partial charge in [0.2, 0.25) is 0 Å². The highest BCUT2D eigenvalue weighted by molar-refractivity contribution is 9.10. The van der Waals surface area contributed by atoms with Gasteiger partial charge in [0.05, 0.1) is 10.8 Å². The van der Waals surface area contributed by atoms with Crippen molar-refractivity contribution in [3.05, 3.63) is 28.4 Å². The number of aromatic amines is 1. The van der Waals surface area contributed by atoms with E-state index in [9.17, 15) is 0 Å². The molecule has 1 heterocycles. The molecular formula is C10H6Br2N2. The first kappa shape index (κ1) is 9.75. The largest absolute Gasteiger partial charge is 0.269 e. The van der Waals surface area contributed by atoms with Crippen molar-refractivity contribution < 1.29 is 0 Å². The molecule has 0 amide bonds. The predicted octanol–water partition coefficient (Wildman–Crippen LogP) is 3.07. The Hall–Kier alpha value is -0.790. The summed E-state index contributed by atoms with van der Waals surface area (Å²) in [5.41, 5.74) is 1.80. The lowest BCUT2D eigenvalue weighted by Crippen LogP contribution is -1.74. The number of nitrogens with one attached hydrogen (secondary N) is 1. The summed E-state index contributed by atoms with van der Waals surface area (Å²) in [6.07, 6.45) is 0. The van der Waals surface area contributed by atoms with E-state index in [4.69, 9.17) is 0 Å². The molecule has 0 aliphatic carbocycles. The number of H-pyrrole nitrogens is 1. The topological polar surface area (TPSA) is 28.7 Å². The van der Waals surface area contributed by atoms with Gasteiger partial charge in [-0.2, -0.15) is 5.10 Å². The van der Waals surface area contributed by atoms with Crippen LogP contribution in [0.1, 0.15) is 5.69 Å². The minimum Gasteiger partial charge on any atom is -0.269 e. The average molecular weight is 314 g/mol. The number of nitrogens with zero attached hydrogens (tertiary/aromatic N) is 1. The minimum atomic E-state index is 0.671. The van der Waals surface area contributed by atoms with Gasteiger partial charge in [-0.15, -0.1) is 0 Å². The molecule has 0 aliphatic rings. The Morgan fingerprint density at radius 2 is 2.29 bits per heavy atom. The van der Waals surface area contributed by atoms with E-state index in [1.54, 1.807) is 0 Å². The summed E-state index contributed by atoms with van der Waals surface area (Å²) in [5, 5.41) is 8.80. The third-order valence-corrected chi connectivity index (χ3v) is 2.57. The lowest BCUT2D eigenvalue weighted by molar-refractivity contribution is 1.10. The summed E-state index contributed by atoms with van der Waals surface area (Å²) in [7, 11) is 0. The Kier molecular flexibility index (Phi) is 2.90. The summed E-state index contributed by atoms with van der Waals surface area (Å²) in [6.45, 7) is 0. The molecule has 4 heteroatoms. The van der Waals surface area contributed by atoms with E-state index >= 15 is 0 Å². The van der Waals surface area contributed by atoms with Gasteiger partial charge in [-0.3, -0.25) is 5.10 Å². The summed E-state index contributed by atoms with van der Waals surface area (Å²) in [6, 6.07) is 5.95. The van der Waals surface area contributed by atoms with Gasteiger partial charge < -0.3 is 0 Å². The third-order valence-electron chi connectivity index (χ3n) is 1.80. The lowest BCUT2D eigenvalue weighted by atomic mass is 10.2. The van der Waals surface area contributed by atoms with E-state index in [2.05, 4.69) is 53.9 Å². The summed E-state index contributed by atoms with van der Waals surface area (Å²) in [4.78, 5) is 0. The summed E-state index contributed by atoms with van der Waals surface area (Å²) >= 11 is 6.65. The van der Waals surface area contributed by atoms with Crippen LogP contribution in [0.3, 0.4) is 0 Å². The fourth-order valence-electron chi connectivity index (χ4n) is 1.20. The van der Waals surface area contributed by atoms with E-state index < -0.39 is 0 Å². The zero-order valence-electron chi connectivity index (χ0n) is 7.14. The number of halogens is 2. The number of alkyl halides is 1. The highest BCUT2D eigenvalue weighted by Gasteiger charge is 2.02. The Bertz CT molecular complexity index is 520. The van der Waals surface area contributed by atoms with Crippen molar-refractivity contribution >= 4 is 42.8 Å². The normalized spacial score (nSPS) is 9.86. The van der Waals surface area contributed by atoms with E-state index in [-0.39, 0.29) is 0 Å². The molecule has 70 valence electrons. The molecule has 2 rings (SSSR count). The van der Waals surface area contributed by atoms with Gasteiger partial charge in [0.25, 0.3) is 0 Å². The van der Waals surface area contributed by atoms with Crippen molar-refractivity contribution in [1.82, 2.24) is 10.2 Å². The molecule has 0 unspecified atom stereocenters. The fraction of sp³-hybridized carbons (Fsp3) is 0.100. The monoisotopic (exact) mass is 312 g/mol. The average Bonchev–Trinajstić information content (AvgIpc) is 2.57. The maximum absolute atomic E-state index is 4.16. The molecule has 2 nitrogen and oxygen atoms in total. The molecule has 0 bridgehead atoms. The van der Waals surface area contributed by atoms with Crippen LogP contribution in [0.25, 0.3) is 10.9 Å². The Labute approximate surface area is 98.3 Å². The number of aromatic nitrogens is 2. The van der Waals surface area contributed by atoms with Gasteiger partial charge in [0.15, 0.2) is 0 Å². The Morgan fingerprint density at radius 3 is 3.07 bits per heavy atom. The van der Waals surface area contributed by atoms with Crippen LogP contribution in [-0.4, -0.2) is 15.5 Å². The highest BCUT2D eigenvalue weighted by Crippen LogP contribution is 2.19. The first-order chi connectivity index (χ1) is 6.81. The van der Waals surface area contributed by atoms with Crippen molar-refractivity contribution in [1.29, 1.82) is 0 Å². The molecule has 0 saturated heterocycles. The molecule has 1 aromatic carbocycles. The summed E-state index contributed by atoms with van der Waals surface area (Å²) in [5.74, 6) is 5.95. The molecular weight excluding hydrogens is 308 g/mol. The molecule has 2 aromatic rings. The van der Waals surface area contributed by atoms with E-state index in [1.165, 1.54) is 0 Å². The lowest BCUT2D eigenvalue weighted by Gasteiger charge is -1.89. The van der Waals surface area contributed by atoms with Crippen LogP contribution < -0.4 is 0 Å². The van der Waals surface area contributed by atoms with Crippen LogP contribution in [0.4, 0.5) is 0 Å². The van der Waals surface area contributed by atoms with Crippen molar-refractivity contribution in [2.24, 2.45) is 0 Å². The minimum absolute atomic E-state index is 0.671. The molecule has 0 radical (unpaired) electrons. The number of hydrogen-bond acceptors (Lipinski definition) is 1. The standard InChI is InChI=1S/C10H6Br2N2/c11-5-1-2-9-8-4-3-7(12)6-10(8)14-13-9/h3-4,6H,5H2,(H,13,14). The van der Waals surface area contributed by atoms with Crippen LogP contribution >= 0.6 is 31.9 Å². The molecule has 14 heavy (non-hydrogen) atoms. The van der Waals surface area contributed by atoms with Gasteiger partial charge in [0, 0.05) is 9.86 Å². The van der Waals surface area contributed by atoms with Crippen molar-refractivity contribution in [3.8, 4) is 11.8 Å². The fourth-order valence-corrected chi connectivity index (χ4v) is 1.69. The van der Waals surface area contributed by atoms with Crippen molar-refractivity contribution in [3.63, 3.8) is 0 Å². The Morgan fingerprint density at radius 1 is 1.43 bits per heavy atom. The predicted molar refractivity (Wildman–Crippen MR) is 64.5 cm³/mol. The number of benzene rings is 1. The zero-order chi connectivity index (χ0) is 9.97. The van der Waals surface area contributed by atoms with Crippen LogP contribution in [-0.2, 0) is 0 Å². The number of fused-ring (bicyclic) bond motifs is 1. The van der Waals surface area contributed by atoms with Gasteiger partial charge in [-0.25, -0.2) is 0 Å². The molecule has 0 aliphatic heterocycles. The number of rotatable bonds is 0. The number of hydrogen-bond donors (Lipinski definition) is 1. The second kappa shape index (κ2) is 4.16. The quantitative estimate of drug-likeness (QED) is 0.587. The summed E-state index contributed by atoms with van der Waals surface area (Å²) < 4.78 is 1.02. The molecule has 1 N–H and O–H groups in total. The maximum atomic E-state index is 4.16. The Balaban J connectivity index is 2.58.